The molecule has 0 fully saturated rings. The first kappa shape index (κ1) is 24.2. The third-order valence-corrected chi connectivity index (χ3v) is 4.94. The van der Waals surface area contributed by atoms with Gasteiger partial charge in [-0.05, 0) is 47.0 Å². The molecule has 3 rings (SSSR count). The Morgan fingerprint density at radius 1 is 0.912 bits per heavy atom. The zero-order chi connectivity index (χ0) is 24.3. The Balaban J connectivity index is 1.78. The predicted molar refractivity (Wildman–Crippen MR) is 127 cm³/mol. The smallest absolute Gasteiger partial charge is 0.324 e. The molecule has 8 heteroatoms. The van der Waals surface area contributed by atoms with E-state index in [-0.39, 0.29) is 13.1 Å². The van der Waals surface area contributed by atoms with Crippen LogP contribution in [-0.2, 0) is 17.9 Å². The third-order valence-electron chi connectivity index (χ3n) is 4.94. The highest BCUT2D eigenvalue weighted by Gasteiger charge is 2.18. The zero-order valence-corrected chi connectivity index (χ0v) is 18.6. The molecule has 3 aromatic carbocycles. The first-order chi connectivity index (χ1) is 16.5. The first-order valence-corrected chi connectivity index (χ1v) is 10.5. The van der Waals surface area contributed by atoms with E-state index in [9.17, 15) is 14.4 Å². The van der Waals surface area contributed by atoms with Gasteiger partial charge in [0.25, 0.3) is 11.8 Å². The summed E-state index contributed by atoms with van der Waals surface area (Å²) in [5.41, 5.74) is 4.34. The van der Waals surface area contributed by atoms with Gasteiger partial charge in [-0.3, -0.25) is 20.1 Å². The molecule has 0 atom stereocenters. The molecule has 34 heavy (non-hydrogen) atoms. The van der Waals surface area contributed by atoms with Crippen molar-refractivity contribution in [3.63, 3.8) is 0 Å². The standard InChI is InChI=1S/C26H25N3O5/c1-34-23-9-5-6-21(16-23)18-29(26(32)27-25(31)22-7-3-2-4-8-22)17-20-12-10-19(11-13-20)14-15-24(30)28-33/h2-16,33H,17-18H2,1H3,(H,28,30)(H,27,31,32)/b15-14+. The second-order valence-electron chi connectivity index (χ2n) is 7.38. The van der Waals surface area contributed by atoms with Crippen molar-refractivity contribution < 1.29 is 24.3 Å². The Kier molecular flexibility index (Phi) is 8.54. The summed E-state index contributed by atoms with van der Waals surface area (Å²) in [6, 6.07) is 22.6. The van der Waals surface area contributed by atoms with Crippen molar-refractivity contribution in [1.82, 2.24) is 15.7 Å². The molecule has 4 amide bonds. The highest BCUT2D eigenvalue weighted by atomic mass is 16.5. The molecular weight excluding hydrogens is 434 g/mol. The number of hydrogen-bond donors (Lipinski definition) is 3. The van der Waals surface area contributed by atoms with Crippen LogP contribution in [0, 0.1) is 0 Å². The largest absolute Gasteiger partial charge is 0.497 e. The van der Waals surface area contributed by atoms with E-state index in [1.165, 1.54) is 16.5 Å². The Hall–Kier alpha value is -4.43. The van der Waals surface area contributed by atoms with Gasteiger partial charge in [-0.25, -0.2) is 10.3 Å². The summed E-state index contributed by atoms with van der Waals surface area (Å²) in [6.45, 7) is 0.496. The highest BCUT2D eigenvalue weighted by Crippen LogP contribution is 2.17. The van der Waals surface area contributed by atoms with Crippen LogP contribution in [-0.4, -0.2) is 35.1 Å². The van der Waals surface area contributed by atoms with Gasteiger partial charge >= 0.3 is 6.03 Å². The molecule has 0 heterocycles. The Bertz CT molecular complexity index is 1160. The average molecular weight is 460 g/mol. The van der Waals surface area contributed by atoms with E-state index in [1.807, 2.05) is 36.4 Å². The van der Waals surface area contributed by atoms with Crippen molar-refractivity contribution in [2.75, 3.05) is 7.11 Å². The van der Waals surface area contributed by atoms with Crippen LogP contribution in [0.2, 0.25) is 0 Å². The molecule has 0 aromatic heterocycles. The number of ether oxygens (including phenoxy) is 1. The summed E-state index contributed by atoms with van der Waals surface area (Å²) in [5, 5.41) is 11.0. The Morgan fingerprint density at radius 2 is 1.62 bits per heavy atom. The predicted octanol–water partition coefficient (Wildman–Crippen LogP) is 3.77. The molecule has 3 N–H and O–H groups in total. The molecule has 0 spiro atoms. The molecular formula is C26H25N3O5. The molecule has 3 aromatic rings. The molecule has 0 saturated heterocycles. The third kappa shape index (κ3) is 7.04. The summed E-state index contributed by atoms with van der Waals surface area (Å²) < 4.78 is 5.27. The SMILES string of the molecule is COc1cccc(CN(Cc2ccc(/C=C/C(=O)NO)cc2)C(=O)NC(=O)c2ccccc2)c1. The number of benzene rings is 3. The highest BCUT2D eigenvalue weighted by molar-refractivity contribution is 6.04. The van der Waals surface area contributed by atoms with E-state index in [0.717, 1.165) is 16.7 Å². The summed E-state index contributed by atoms with van der Waals surface area (Å²) in [7, 11) is 1.57. The van der Waals surface area contributed by atoms with Gasteiger partial charge in [0, 0.05) is 24.7 Å². The number of nitrogens with zero attached hydrogens (tertiary/aromatic N) is 1. The lowest BCUT2D eigenvalue weighted by Crippen LogP contribution is -2.42. The maximum Gasteiger partial charge on any atom is 0.324 e. The second kappa shape index (κ2) is 12.0. The van der Waals surface area contributed by atoms with E-state index >= 15 is 0 Å². The van der Waals surface area contributed by atoms with Gasteiger partial charge < -0.3 is 9.64 Å². The summed E-state index contributed by atoms with van der Waals surface area (Å²) in [6.07, 6.45) is 2.75. The van der Waals surface area contributed by atoms with Gasteiger partial charge in [0.15, 0.2) is 0 Å². The van der Waals surface area contributed by atoms with Gasteiger partial charge in [0.2, 0.25) is 0 Å². The van der Waals surface area contributed by atoms with Crippen molar-refractivity contribution in [2.24, 2.45) is 0 Å². The maximum absolute atomic E-state index is 13.1. The quantitative estimate of drug-likeness (QED) is 0.270. The minimum Gasteiger partial charge on any atom is -0.497 e. The van der Waals surface area contributed by atoms with E-state index < -0.39 is 17.8 Å². The van der Waals surface area contributed by atoms with Gasteiger partial charge in [-0.2, -0.15) is 0 Å². The van der Waals surface area contributed by atoms with Crippen molar-refractivity contribution >= 4 is 23.9 Å². The number of imide groups is 1. The van der Waals surface area contributed by atoms with Crippen LogP contribution >= 0.6 is 0 Å². The topological polar surface area (TPSA) is 108 Å². The molecule has 0 aliphatic heterocycles. The van der Waals surface area contributed by atoms with Gasteiger partial charge in [-0.1, -0.05) is 54.6 Å². The Labute approximate surface area is 197 Å². The normalized spacial score (nSPS) is 10.5. The average Bonchev–Trinajstić information content (AvgIpc) is 2.88. The van der Waals surface area contributed by atoms with Crippen LogP contribution in [0.15, 0.2) is 84.9 Å². The molecule has 0 aliphatic rings. The fraction of sp³-hybridized carbons (Fsp3) is 0.115. The summed E-state index contributed by atoms with van der Waals surface area (Å²) in [4.78, 5) is 38.3. The van der Waals surface area contributed by atoms with Crippen molar-refractivity contribution in [3.8, 4) is 5.75 Å². The molecule has 0 unspecified atom stereocenters. The number of nitrogens with one attached hydrogen (secondary N) is 2. The van der Waals surface area contributed by atoms with Gasteiger partial charge in [0.05, 0.1) is 7.11 Å². The van der Waals surface area contributed by atoms with Crippen molar-refractivity contribution in [2.45, 2.75) is 13.1 Å². The van der Waals surface area contributed by atoms with Gasteiger partial charge in [0.1, 0.15) is 5.75 Å². The lowest BCUT2D eigenvalue weighted by Gasteiger charge is -2.23. The number of methoxy groups -OCH3 is 1. The molecule has 8 nitrogen and oxygen atoms in total. The van der Waals surface area contributed by atoms with Gasteiger partial charge in [-0.15, -0.1) is 0 Å². The zero-order valence-electron chi connectivity index (χ0n) is 18.6. The van der Waals surface area contributed by atoms with Crippen LogP contribution in [0.5, 0.6) is 5.75 Å². The number of hydroxylamine groups is 1. The van der Waals surface area contributed by atoms with E-state index in [1.54, 1.807) is 55.7 Å². The monoisotopic (exact) mass is 459 g/mol. The number of carbonyl (C=O) groups is 3. The lowest BCUT2D eigenvalue weighted by atomic mass is 10.1. The lowest BCUT2D eigenvalue weighted by molar-refractivity contribution is -0.124. The number of carbonyl (C=O) groups excluding carboxylic acids is 3. The van der Waals surface area contributed by atoms with Crippen LogP contribution < -0.4 is 15.5 Å². The van der Waals surface area contributed by atoms with Crippen LogP contribution in [0.1, 0.15) is 27.0 Å². The minimum atomic E-state index is -0.631. The van der Waals surface area contributed by atoms with Crippen molar-refractivity contribution in [1.29, 1.82) is 0 Å². The second-order valence-corrected chi connectivity index (χ2v) is 7.38. The van der Waals surface area contributed by atoms with E-state index in [4.69, 9.17) is 9.94 Å². The molecule has 174 valence electrons. The maximum atomic E-state index is 13.1. The van der Waals surface area contributed by atoms with E-state index in [0.29, 0.717) is 11.3 Å². The molecule has 0 radical (unpaired) electrons. The van der Waals surface area contributed by atoms with Crippen LogP contribution in [0.4, 0.5) is 4.79 Å². The molecule has 0 saturated carbocycles. The Morgan fingerprint density at radius 3 is 2.29 bits per heavy atom. The number of hydrogen-bond acceptors (Lipinski definition) is 5. The van der Waals surface area contributed by atoms with Crippen LogP contribution in [0.25, 0.3) is 6.08 Å². The summed E-state index contributed by atoms with van der Waals surface area (Å²) >= 11 is 0. The number of urea groups is 1. The fourth-order valence-electron chi connectivity index (χ4n) is 3.19. The number of rotatable bonds is 8. The van der Waals surface area contributed by atoms with Crippen LogP contribution in [0.3, 0.4) is 0 Å². The number of amides is 4. The summed E-state index contributed by atoms with van der Waals surface area (Å²) in [5.74, 6) is -0.446. The first-order valence-electron chi connectivity index (χ1n) is 10.5. The van der Waals surface area contributed by atoms with E-state index in [2.05, 4.69) is 5.32 Å². The minimum absolute atomic E-state index is 0.242. The molecule has 0 aliphatic carbocycles. The fourth-order valence-corrected chi connectivity index (χ4v) is 3.19. The van der Waals surface area contributed by atoms with Crippen molar-refractivity contribution in [3.05, 3.63) is 107 Å². The molecule has 0 bridgehead atoms.